The van der Waals surface area contributed by atoms with Crippen LogP contribution in [0.15, 0.2) is 47.6 Å². The Kier molecular flexibility index (Phi) is 8.43. The van der Waals surface area contributed by atoms with Crippen LogP contribution in [0, 0.1) is 6.92 Å². The van der Waals surface area contributed by atoms with Crippen LogP contribution < -0.4 is 10.1 Å². The van der Waals surface area contributed by atoms with E-state index in [9.17, 15) is 4.79 Å². The zero-order chi connectivity index (χ0) is 24.1. The Labute approximate surface area is 205 Å². The molecule has 2 aromatic carbocycles. The highest BCUT2D eigenvalue weighted by molar-refractivity contribution is 7.99. The maximum absolute atomic E-state index is 12.6. The number of aromatic nitrogens is 3. The number of thioether (sulfide) groups is 1. The summed E-state index contributed by atoms with van der Waals surface area (Å²) in [5.41, 5.74) is 2.82. The molecule has 3 rings (SSSR count). The van der Waals surface area contributed by atoms with Gasteiger partial charge in [-0.3, -0.25) is 4.79 Å². The van der Waals surface area contributed by atoms with Crippen molar-refractivity contribution in [2.75, 3.05) is 11.1 Å². The largest absolute Gasteiger partial charge is 0.482 e. The van der Waals surface area contributed by atoms with Gasteiger partial charge in [-0.15, -0.1) is 10.2 Å². The van der Waals surface area contributed by atoms with Crippen molar-refractivity contribution in [3.63, 3.8) is 0 Å². The van der Waals surface area contributed by atoms with Crippen molar-refractivity contribution in [2.45, 2.75) is 64.8 Å². The van der Waals surface area contributed by atoms with Crippen LogP contribution in [0.3, 0.4) is 0 Å². The number of ether oxygens (including phenoxy) is 1. The van der Waals surface area contributed by atoms with Gasteiger partial charge < -0.3 is 14.6 Å². The predicted molar refractivity (Wildman–Crippen MR) is 136 cm³/mol. The van der Waals surface area contributed by atoms with Crippen molar-refractivity contribution in [1.29, 1.82) is 0 Å². The van der Waals surface area contributed by atoms with Gasteiger partial charge in [-0.2, -0.15) is 0 Å². The molecule has 0 aliphatic rings. The first-order chi connectivity index (χ1) is 15.7. The Morgan fingerprint density at radius 2 is 1.85 bits per heavy atom. The Balaban J connectivity index is 1.73. The third-order valence-corrected chi connectivity index (χ3v) is 6.40. The van der Waals surface area contributed by atoms with E-state index in [0.29, 0.717) is 21.8 Å². The van der Waals surface area contributed by atoms with Crippen molar-refractivity contribution in [3.8, 4) is 5.75 Å². The molecule has 1 aromatic heterocycles. The second-order valence-electron chi connectivity index (χ2n) is 8.55. The van der Waals surface area contributed by atoms with Gasteiger partial charge >= 0.3 is 0 Å². The Morgan fingerprint density at radius 1 is 1.12 bits per heavy atom. The van der Waals surface area contributed by atoms with Crippen molar-refractivity contribution in [2.24, 2.45) is 0 Å². The van der Waals surface area contributed by atoms with Crippen LogP contribution in [0.5, 0.6) is 5.75 Å². The van der Waals surface area contributed by atoms with Gasteiger partial charge in [0.15, 0.2) is 17.1 Å². The number of para-hydroxylation sites is 1. The molecule has 1 heterocycles. The lowest BCUT2D eigenvalue weighted by atomic mass is 10.0. The minimum absolute atomic E-state index is 0.113. The smallest absolute Gasteiger partial charge is 0.234 e. The molecule has 0 fully saturated rings. The summed E-state index contributed by atoms with van der Waals surface area (Å²) in [7, 11) is 0. The van der Waals surface area contributed by atoms with Crippen LogP contribution in [-0.2, 0) is 4.79 Å². The van der Waals surface area contributed by atoms with E-state index in [1.54, 1.807) is 12.1 Å². The number of nitrogens with zero attached hydrogens (tertiary/aromatic N) is 3. The predicted octanol–water partition coefficient (Wildman–Crippen LogP) is 6.82. The van der Waals surface area contributed by atoms with Crippen LogP contribution in [0.4, 0.5) is 5.69 Å². The molecule has 1 amide bonds. The first-order valence-electron chi connectivity index (χ1n) is 11.1. The number of hydrogen-bond acceptors (Lipinski definition) is 5. The van der Waals surface area contributed by atoms with E-state index in [-0.39, 0.29) is 23.8 Å². The minimum atomic E-state index is -0.294. The molecule has 33 heavy (non-hydrogen) atoms. The highest BCUT2D eigenvalue weighted by Crippen LogP contribution is 2.32. The Bertz CT molecular complexity index is 1110. The topological polar surface area (TPSA) is 69.0 Å². The summed E-state index contributed by atoms with van der Waals surface area (Å²) in [6, 6.07) is 13.6. The molecule has 3 aromatic rings. The van der Waals surface area contributed by atoms with Gasteiger partial charge in [-0.25, -0.2) is 0 Å². The Morgan fingerprint density at radius 3 is 2.55 bits per heavy atom. The van der Waals surface area contributed by atoms with Gasteiger partial charge in [-0.05, 0) is 62.9 Å². The monoisotopic (exact) mass is 486 g/mol. The van der Waals surface area contributed by atoms with E-state index in [4.69, 9.17) is 16.3 Å². The molecular weight excluding hydrogens is 456 g/mol. The minimum Gasteiger partial charge on any atom is -0.482 e. The summed E-state index contributed by atoms with van der Waals surface area (Å²) in [5, 5.41) is 13.0. The van der Waals surface area contributed by atoms with Crippen LogP contribution >= 0.6 is 23.4 Å². The maximum Gasteiger partial charge on any atom is 0.234 e. The molecule has 1 atom stereocenters. The first kappa shape index (κ1) is 25.1. The highest BCUT2D eigenvalue weighted by atomic mass is 35.5. The van der Waals surface area contributed by atoms with E-state index in [1.807, 2.05) is 42.7 Å². The fourth-order valence-corrected chi connectivity index (χ4v) is 4.55. The molecule has 8 heteroatoms. The van der Waals surface area contributed by atoms with Gasteiger partial charge in [0, 0.05) is 16.8 Å². The number of amides is 1. The standard InChI is InChI=1S/C25H31ClN4O2S/c1-15(2)20-9-7-8-10-22(20)32-18(6)24-28-29-25(30(24)16(3)4)33-14-23(31)27-21-13-19(26)12-11-17(21)5/h7-13,15-16,18H,14H2,1-6H3,(H,27,31). The molecule has 0 radical (unpaired) electrons. The number of anilines is 1. The van der Waals surface area contributed by atoms with Crippen LogP contribution in [0.2, 0.25) is 5.02 Å². The number of carbonyl (C=O) groups is 1. The maximum atomic E-state index is 12.6. The van der Waals surface area contributed by atoms with E-state index in [1.165, 1.54) is 11.8 Å². The average molecular weight is 487 g/mol. The third-order valence-electron chi connectivity index (χ3n) is 5.22. The molecule has 176 valence electrons. The number of benzene rings is 2. The highest BCUT2D eigenvalue weighted by Gasteiger charge is 2.23. The van der Waals surface area contributed by atoms with Gasteiger partial charge in [0.25, 0.3) is 0 Å². The SMILES string of the molecule is Cc1ccc(Cl)cc1NC(=O)CSc1nnc(C(C)Oc2ccccc2C(C)C)n1C(C)C. The fraction of sp³-hybridized carbons (Fsp3) is 0.400. The van der Waals surface area contributed by atoms with E-state index in [2.05, 4.69) is 49.3 Å². The number of carbonyl (C=O) groups excluding carboxylic acids is 1. The van der Waals surface area contributed by atoms with Gasteiger partial charge in [0.2, 0.25) is 5.91 Å². The molecule has 0 bridgehead atoms. The van der Waals surface area contributed by atoms with Gasteiger partial charge in [0.05, 0.1) is 5.75 Å². The summed E-state index contributed by atoms with van der Waals surface area (Å²) < 4.78 is 8.33. The van der Waals surface area contributed by atoms with Gasteiger partial charge in [-0.1, -0.05) is 61.5 Å². The molecule has 0 spiro atoms. The number of rotatable bonds is 9. The molecule has 6 nitrogen and oxygen atoms in total. The fourth-order valence-electron chi connectivity index (χ4n) is 3.50. The summed E-state index contributed by atoms with van der Waals surface area (Å²) in [6.07, 6.45) is -0.294. The van der Waals surface area contributed by atoms with Crippen LogP contribution in [-0.4, -0.2) is 26.4 Å². The Hall–Kier alpha value is -2.51. The number of halogens is 1. The lowest BCUT2D eigenvalue weighted by molar-refractivity contribution is -0.113. The second kappa shape index (κ2) is 11.1. The van der Waals surface area contributed by atoms with E-state index < -0.39 is 0 Å². The summed E-state index contributed by atoms with van der Waals surface area (Å²) >= 11 is 7.41. The first-order valence-corrected chi connectivity index (χ1v) is 12.4. The molecule has 0 aliphatic carbocycles. The number of nitrogens with one attached hydrogen (secondary N) is 1. The van der Waals surface area contributed by atoms with Crippen molar-refractivity contribution in [1.82, 2.24) is 14.8 Å². The molecule has 1 unspecified atom stereocenters. The zero-order valence-corrected chi connectivity index (χ0v) is 21.5. The second-order valence-corrected chi connectivity index (χ2v) is 9.93. The molecule has 1 N–H and O–H groups in total. The molecule has 0 saturated heterocycles. The summed E-state index contributed by atoms with van der Waals surface area (Å²) in [6.45, 7) is 12.3. The molecule has 0 aliphatic heterocycles. The third kappa shape index (κ3) is 6.30. The molecular formula is C25H31ClN4O2S. The van der Waals surface area contributed by atoms with Crippen LogP contribution in [0.1, 0.15) is 69.6 Å². The van der Waals surface area contributed by atoms with Crippen LogP contribution in [0.25, 0.3) is 0 Å². The van der Waals surface area contributed by atoms with E-state index in [0.717, 1.165) is 22.7 Å². The average Bonchev–Trinajstić information content (AvgIpc) is 3.19. The summed E-state index contributed by atoms with van der Waals surface area (Å²) in [5.74, 6) is 2.02. The van der Waals surface area contributed by atoms with Crippen molar-refractivity contribution in [3.05, 3.63) is 64.4 Å². The summed E-state index contributed by atoms with van der Waals surface area (Å²) in [4.78, 5) is 12.6. The van der Waals surface area contributed by atoms with Crippen molar-refractivity contribution >= 4 is 35.0 Å². The van der Waals surface area contributed by atoms with Crippen molar-refractivity contribution < 1.29 is 9.53 Å². The van der Waals surface area contributed by atoms with E-state index >= 15 is 0 Å². The lowest BCUT2D eigenvalue weighted by Crippen LogP contribution is -2.17. The molecule has 0 saturated carbocycles. The number of hydrogen-bond donors (Lipinski definition) is 1. The van der Waals surface area contributed by atoms with Gasteiger partial charge in [0.1, 0.15) is 5.75 Å². The normalized spacial score (nSPS) is 12.3. The quantitative estimate of drug-likeness (QED) is 0.336. The zero-order valence-electron chi connectivity index (χ0n) is 19.9. The lowest BCUT2D eigenvalue weighted by Gasteiger charge is -2.21. The number of aryl methyl sites for hydroxylation is 1.